The van der Waals surface area contributed by atoms with Crippen molar-refractivity contribution in [2.75, 3.05) is 6.61 Å². The fourth-order valence-corrected chi connectivity index (χ4v) is 4.75. The topological polar surface area (TPSA) is 110 Å². The van der Waals surface area contributed by atoms with E-state index in [4.69, 9.17) is 0 Å². The van der Waals surface area contributed by atoms with Gasteiger partial charge in [-0.3, -0.25) is 4.79 Å². The molecule has 240 valence electrons. The SMILES string of the molecule is CCCC/C=C\CCCCCCC(O)C(=O)NC(CO)C(O)C(O)CCC/C=C/CC/C=C/CCCCCCCC. The molecule has 1 amide bonds. The molecule has 5 N–H and O–H groups in total. The molecule has 0 aliphatic carbocycles. The van der Waals surface area contributed by atoms with Gasteiger partial charge in [0.05, 0.1) is 18.8 Å². The molecule has 41 heavy (non-hydrogen) atoms. The fourth-order valence-electron chi connectivity index (χ4n) is 4.75. The molecule has 6 nitrogen and oxygen atoms in total. The summed E-state index contributed by atoms with van der Waals surface area (Å²) in [6.07, 6.45) is 31.7. The van der Waals surface area contributed by atoms with Gasteiger partial charge in [0.25, 0.3) is 0 Å². The summed E-state index contributed by atoms with van der Waals surface area (Å²) in [7, 11) is 0. The van der Waals surface area contributed by atoms with Gasteiger partial charge in [0.2, 0.25) is 5.91 Å². The molecule has 0 bridgehead atoms. The van der Waals surface area contributed by atoms with Crippen LogP contribution < -0.4 is 5.32 Å². The molecular weight excluding hydrogens is 514 g/mol. The zero-order chi connectivity index (χ0) is 30.4. The predicted molar refractivity (Wildman–Crippen MR) is 173 cm³/mol. The van der Waals surface area contributed by atoms with E-state index in [0.717, 1.165) is 57.8 Å². The molecule has 0 aliphatic rings. The van der Waals surface area contributed by atoms with Crippen molar-refractivity contribution in [3.05, 3.63) is 36.5 Å². The second kappa shape index (κ2) is 30.0. The van der Waals surface area contributed by atoms with Crippen molar-refractivity contribution in [2.24, 2.45) is 0 Å². The number of hydrogen-bond acceptors (Lipinski definition) is 5. The molecule has 0 spiro atoms. The third kappa shape index (κ3) is 24.8. The summed E-state index contributed by atoms with van der Waals surface area (Å²) < 4.78 is 0. The van der Waals surface area contributed by atoms with Crippen LogP contribution in [0, 0.1) is 0 Å². The molecule has 0 saturated carbocycles. The number of allylic oxidation sites excluding steroid dienone is 6. The van der Waals surface area contributed by atoms with Crippen molar-refractivity contribution in [3.8, 4) is 0 Å². The first-order valence-corrected chi connectivity index (χ1v) is 16.9. The van der Waals surface area contributed by atoms with Crippen molar-refractivity contribution in [1.82, 2.24) is 5.32 Å². The molecule has 0 radical (unpaired) electrons. The number of hydrogen-bond donors (Lipinski definition) is 5. The quantitative estimate of drug-likeness (QED) is 0.0467. The molecule has 0 aliphatic heterocycles. The van der Waals surface area contributed by atoms with Gasteiger partial charge in [-0.05, 0) is 70.6 Å². The fraction of sp³-hybridized carbons (Fsp3) is 0.800. The first-order chi connectivity index (χ1) is 20.0. The second-order valence-electron chi connectivity index (χ2n) is 11.5. The van der Waals surface area contributed by atoms with Gasteiger partial charge in [-0.1, -0.05) is 115 Å². The summed E-state index contributed by atoms with van der Waals surface area (Å²) in [6, 6.07) is -1.01. The lowest BCUT2D eigenvalue weighted by Crippen LogP contribution is -2.53. The van der Waals surface area contributed by atoms with Crippen LogP contribution in [0.25, 0.3) is 0 Å². The van der Waals surface area contributed by atoms with E-state index in [0.29, 0.717) is 19.3 Å². The lowest BCUT2D eigenvalue weighted by molar-refractivity contribution is -0.132. The van der Waals surface area contributed by atoms with Crippen LogP contribution in [0.3, 0.4) is 0 Å². The molecule has 0 fully saturated rings. The molecule has 0 aromatic heterocycles. The van der Waals surface area contributed by atoms with E-state index < -0.39 is 36.9 Å². The van der Waals surface area contributed by atoms with Crippen molar-refractivity contribution >= 4 is 5.91 Å². The minimum absolute atomic E-state index is 0.343. The van der Waals surface area contributed by atoms with Crippen molar-refractivity contribution in [1.29, 1.82) is 0 Å². The Bertz CT molecular complexity index is 663. The largest absolute Gasteiger partial charge is 0.394 e. The summed E-state index contributed by atoms with van der Waals surface area (Å²) in [6.45, 7) is 3.93. The third-order valence-electron chi connectivity index (χ3n) is 7.55. The van der Waals surface area contributed by atoms with E-state index in [1.54, 1.807) is 0 Å². The van der Waals surface area contributed by atoms with E-state index in [9.17, 15) is 25.2 Å². The van der Waals surface area contributed by atoms with E-state index in [1.807, 2.05) is 0 Å². The van der Waals surface area contributed by atoms with Crippen LogP contribution in [0.15, 0.2) is 36.5 Å². The highest BCUT2D eigenvalue weighted by atomic mass is 16.3. The van der Waals surface area contributed by atoms with Gasteiger partial charge >= 0.3 is 0 Å². The number of carbonyl (C=O) groups excluding carboxylic acids is 1. The molecule has 4 unspecified atom stereocenters. The average Bonchev–Trinajstić information content (AvgIpc) is 2.98. The Hall–Kier alpha value is -1.47. The van der Waals surface area contributed by atoms with Gasteiger partial charge in [-0.15, -0.1) is 0 Å². The zero-order valence-corrected chi connectivity index (χ0v) is 26.5. The minimum atomic E-state index is -1.29. The Morgan fingerprint density at radius 1 is 0.585 bits per heavy atom. The third-order valence-corrected chi connectivity index (χ3v) is 7.55. The average molecular weight is 580 g/mol. The number of carbonyl (C=O) groups is 1. The molecular formula is C35H65NO5. The summed E-state index contributed by atoms with van der Waals surface area (Å²) in [5.41, 5.74) is 0. The summed E-state index contributed by atoms with van der Waals surface area (Å²) in [4.78, 5) is 12.4. The number of nitrogens with one attached hydrogen (secondary N) is 1. The van der Waals surface area contributed by atoms with Gasteiger partial charge in [-0.25, -0.2) is 0 Å². The summed E-state index contributed by atoms with van der Waals surface area (Å²) >= 11 is 0. The number of rotatable bonds is 29. The van der Waals surface area contributed by atoms with E-state index in [-0.39, 0.29) is 0 Å². The lowest BCUT2D eigenvalue weighted by Gasteiger charge is -2.27. The van der Waals surface area contributed by atoms with Crippen LogP contribution in [0.5, 0.6) is 0 Å². The van der Waals surface area contributed by atoms with Crippen LogP contribution in [-0.2, 0) is 4.79 Å². The van der Waals surface area contributed by atoms with Gasteiger partial charge in [0, 0.05) is 0 Å². The van der Waals surface area contributed by atoms with Crippen LogP contribution >= 0.6 is 0 Å². The second-order valence-corrected chi connectivity index (χ2v) is 11.5. The molecule has 0 heterocycles. The Labute approximate surface area is 252 Å². The molecule has 0 aromatic rings. The highest BCUT2D eigenvalue weighted by Gasteiger charge is 2.28. The number of aliphatic hydroxyl groups excluding tert-OH is 4. The normalized spacial score (nSPS) is 15.2. The maximum Gasteiger partial charge on any atom is 0.249 e. The van der Waals surface area contributed by atoms with Crippen LogP contribution in [0.2, 0.25) is 0 Å². The highest BCUT2D eigenvalue weighted by molar-refractivity contribution is 5.80. The maximum atomic E-state index is 12.4. The predicted octanol–water partition coefficient (Wildman–Crippen LogP) is 7.45. The zero-order valence-electron chi connectivity index (χ0n) is 26.5. The Morgan fingerprint density at radius 3 is 1.61 bits per heavy atom. The van der Waals surface area contributed by atoms with Crippen molar-refractivity contribution in [3.63, 3.8) is 0 Å². The van der Waals surface area contributed by atoms with Gasteiger partial charge < -0.3 is 25.7 Å². The Kier molecular flexibility index (Phi) is 28.9. The summed E-state index contributed by atoms with van der Waals surface area (Å²) in [5.74, 6) is -0.613. The smallest absolute Gasteiger partial charge is 0.249 e. The minimum Gasteiger partial charge on any atom is -0.394 e. The van der Waals surface area contributed by atoms with E-state index in [2.05, 4.69) is 55.6 Å². The molecule has 0 aromatic carbocycles. The molecule has 0 rings (SSSR count). The van der Waals surface area contributed by atoms with Gasteiger partial charge in [0.15, 0.2) is 0 Å². The highest BCUT2D eigenvalue weighted by Crippen LogP contribution is 2.12. The lowest BCUT2D eigenvalue weighted by atomic mass is 10.00. The van der Waals surface area contributed by atoms with Crippen molar-refractivity contribution in [2.45, 2.75) is 173 Å². The van der Waals surface area contributed by atoms with Gasteiger partial charge in [-0.2, -0.15) is 0 Å². The Balaban J connectivity index is 3.97. The number of amides is 1. The number of unbranched alkanes of at least 4 members (excludes halogenated alkanes) is 14. The van der Waals surface area contributed by atoms with Crippen LogP contribution in [0.1, 0.15) is 149 Å². The van der Waals surface area contributed by atoms with Crippen molar-refractivity contribution < 1.29 is 25.2 Å². The molecule has 0 saturated heterocycles. The monoisotopic (exact) mass is 579 g/mol. The van der Waals surface area contributed by atoms with E-state index >= 15 is 0 Å². The van der Waals surface area contributed by atoms with Gasteiger partial charge in [0.1, 0.15) is 12.2 Å². The van der Waals surface area contributed by atoms with E-state index in [1.165, 1.54) is 57.8 Å². The van der Waals surface area contributed by atoms with Crippen LogP contribution in [-0.4, -0.2) is 57.3 Å². The standard InChI is InChI=1S/C35H65NO5/c1-3-5-7-9-11-13-15-16-17-18-19-21-22-24-26-28-32(38)34(40)31(30-37)36-35(41)33(39)29-27-25-23-20-14-12-10-8-6-4-2/h10,12,16-17,21-22,31-34,37-40H,3-9,11,13-15,18-20,23-30H2,1-2H3,(H,36,41)/b12-10-,17-16+,22-21+. The maximum absolute atomic E-state index is 12.4. The Morgan fingerprint density at radius 2 is 1.05 bits per heavy atom. The first kappa shape index (κ1) is 39.5. The molecule has 6 heteroatoms. The summed E-state index contributed by atoms with van der Waals surface area (Å²) in [5, 5.41) is 43.2. The molecule has 4 atom stereocenters. The number of aliphatic hydroxyl groups is 4. The van der Waals surface area contributed by atoms with Crippen LogP contribution in [0.4, 0.5) is 0 Å². The first-order valence-electron chi connectivity index (χ1n) is 16.9.